The maximum atomic E-state index is 12.7. The Kier molecular flexibility index (Phi) is 8.34. The van der Waals surface area contributed by atoms with Crippen molar-refractivity contribution in [1.82, 2.24) is 19.9 Å². The van der Waals surface area contributed by atoms with E-state index < -0.39 is 0 Å². The highest BCUT2D eigenvalue weighted by Crippen LogP contribution is 2.32. The summed E-state index contributed by atoms with van der Waals surface area (Å²) < 4.78 is 12.4. The van der Waals surface area contributed by atoms with Gasteiger partial charge in [0, 0.05) is 62.4 Å². The van der Waals surface area contributed by atoms with Gasteiger partial charge >= 0.3 is 0 Å². The first-order valence-corrected chi connectivity index (χ1v) is 11.3. The summed E-state index contributed by atoms with van der Waals surface area (Å²) in [6.07, 6.45) is 3.56. The number of hydrogen-bond acceptors (Lipinski definition) is 6. The number of methoxy groups -OCH3 is 2. The quantitative estimate of drug-likeness (QED) is 0.455. The summed E-state index contributed by atoms with van der Waals surface area (Å²) in [5, 5.41) is 5.91. The van der Waals surface area contributed by atoms with E-state index >= 15 is 0 Å². The summed E-state index contributed by atoms with van der Waals surface area (Å²) >= 11 is 1.60. The standard InChI is InChI=1S/C23H30N4O3S/c1-5-18-13-17(7-8-24-18)23-26-20(15-31-23)21-14-19(22(28)25-9-12-30-4)16(2)27(21)10-6-11-29-3/h7-8,13-15H,5-6,9-12H2,1-4H3,(H,25,28). The predicted octanol–water partition coefficient (Wildman–Crippen LogP) is 3.96. The lowest BCUT2D eigenvalue weighted by Crippen LogP contribution is -2.27. The van der Waals surface area contributed by atoms with Gasteiger partial charge in [0.2, 0.25) is 0 Å². The summed E-state index contributed by atoms with van der Waals surface area (Å²) in [5.41, 5.74) is 5.50. The number of aryl methyl sites for hydroxylation is 1. The summed E-state index contributed by atoms with van der Waals surface area (Å²) in [6, 6.07) is 6.01. The Bertz CT molecular complexity index is 1010. The summed E-state index contributed by atoms with van der Waals surface area (Å²) in [5.74, 6) is -0.0986. The molecule has 0 aliphatic heterocycles. The van der Waals surface area contributed by atoms with Crippen LogP contribution in [0.1, 0.15) is 35.1 Å². The van der Waals surface area contributed by atoms with Crippen LogP contribution in [0.25, 0.3) is 22.0 Å². The molecular formula is C23H30N4O3S. The molecule has 3 aromatic rings. The fourth-order valence-corrected chi connectivity index (χ4v) is 4.24. The van der Waals surface area contributed by atoms with Gasteiger partial charge in [0.1, 0.15) is 5.01 Å². The maximum Gasteiger partial charge on any atom is 0.253 e. The van der Waals surface area contributed by atoms with Crippen LogP contribution >= 0.6 is 11.3 Å². The molecule has 1 amide bonds. The molecule has 0 aromatic carbocycles. The number of carbonyl (C=O) groups is 1. The molecule has 0 saturated carbocycles. The zero-order valence-corrected chi connectivity index (χ0v) is 19.4. The molecule has 0 radical (unpaired) electrons. The van der Waals surface area contributed by atoms with Crippen LogP contribution in [-0.4, -0.2) is 54.4 Å². The Labute approximate surface area is 187 Å². The first-order valence-electron chi connectivity index (χ1n) is 10.5. The monoisotopic (exact) mass is 442 g/mol. The molecular weight excluding hydrogens is 412 g/mol. The number of hydrogen-bond donors (Lipinski definition) is 1. The molecule has 0 spiro atoms. The van der Waals surface area contributed by atoms with E-state index in [1.54, 1.807) is 25.6 Å². The molecule has 0 aliphatic carbocycles. The number of ether oxygens (including phenoxy) is 2. The third kappa shape index (κ3) is 5.58. The lowest BCUT2D eigenvalue weighted by atomic mass is 10.2. The molecule has 3 rings (SSSR count). The molecule has 3 aromatic heterocycles. The number of nitrogens with zero attached hydrogens (tertiary/aromatic N) is 3. The smallest absolute Gasteiger partial charge is 0.253 e. The summed E-state index contributed by atoms with van der Waals surface area (Å²) in [6.45, 7) is 6.43. The van der Waals surface area contributed by atoms with E-state index in [1.165, 1.54) is 0 Å². The Hall–Kier alpha value is -2.55. The van der Waals surface area contributed by atoms with Crippen LogP contribution in [0.2, 0.25) is 0 Å². The van der Waals surface area contributed by atoms with Crippen molar-refractivity contribution in [1.29, 1.82) is 0 Å². The Balaban J connectivity index is 1.94. The van der Waals surface area contributed by atoms with E-state index in [-0.39, 0.29) is 5.91 Å². The highest BCUT2D eigenvalue weighted by Gasteiger charge is 2.20. The molecule has 0 saturated heterocycles. The van der Waals surface area contributed by atoms with Gasteiger partial charge in [0.15, 0.2) is 0 Å². The minimum Gasteiger partial charge on any atom is -0.385 e. The van der Waals surface area contributed by atoms with E-state index in [0.29, 0.717) is 25.3 Å². The molecule has 3 heterocycles. The fourth-order valence-electron chi connectivity index (χ4n) is 3.43. The number of thiazole rings is 1. The van der Waals surface area contributed by atoms with Crippen LogP contribution in [0.4, 0.5) is 0 Å². The number of nitrogens with one attached hydrogen (secondary N) is 1. The van der Waals surface area contributed by atoms with E-state index in [0.717, 1.165) is 52.7 Å². The highest BCUT2D eigenvalue weighted by atomic mass is 32.1. The van der Waals surface area contributed by atoms with Crippen LogP contribution in [-0.2, 0) is 22.4 Å². The van der Waals surface area contributed by atoms with Gasteiger partial charge < -0.3 is 19.4 Å². The Morgan fingerprint density at radius 1 is 1.23 bits per heavy atom. The van der Waals surface area contributed by atoms with E-state index in [1.807, 2.05) is 25.3 Å². The Morgan fingerprint density at radius 2 is 2.03 bits per heavy atom. The van der Waals surface area contributed by atoms with Gasteiger partial charge in [0.25, 0.3) is 5.91 Å². The van der Waals surface area contributed by atoms with Crippen molar-refractivity contribution < 1.29 is 14.3 Å². The van der Waals surface area contributed by atoms with E-state index in [4.69, 9.17) is 14.5 Å². The molecule has 31 heavy (non-hydrogen) atoms. The van der Waals surface area contributed by atoms with Crippen molar-refractivity contribution in [2.45, 2.75) is 33.2 Å². The molecule has 0 fully saturated rings. The largest absolute Gasteiger partial charge is 0.385 e. The van der Waals surface area contributed by atoms with Crippen molar-refractivity contribution >= 4 is 17.2 Å². The van der Waals surface area contributed by atoms with Gasteiger partial charge in [0.05, 0.1) is 23.6 Å². The molecule has 0 aliphatic rings. The zero-order valence-electron chi connectivity index (χ0n) is 18.6. The zero-order chi connectivity index (χ0) is 22.2. The van der Waals surface area contributed by atoms with Gasteiger partial charge in [-0.25, -0.2) is 4.98 Å². The second-order valence-corrected chi connectivity index (χ2v) is 8.06. The van der Waals surface area contributed by atoms with Crippen molar-refractivity contribution in [2.24, 2.45) is 0 Å². The Morgan fingerprint density at radius 3 is 2.77 bits per heavy atom. The third-order valence-electron chi connectivity index (χ3n) is 5.13. The van der Waals surface area contributed by atoms with Crippen LogP contribution in [0, 0.1) is 6.92 Å². The first-order chi connectivity index (χ1) is 15.1. The average molecular weight is 443 g/mol. The van der Waals surface area contributed by atoms with Gasteiger partial charge in [-0.1, -0.05) is 6.92 Å². The number of aromatic nitrogens is 3. The van der Waals surface area contributed by atoms with E-state index in [2.05, 4.69) is 33.2 Å². The molecule has 0 bridgehead atoms. The number of carbonyl (C=O) groups excluding carboxylic acids is 1. The summed E-state index contributed by atoms with van der Waals surface area (Å²) in [7, 11) is 3.32. The number of rotatable bonds is 11. The van der Waals surface area contributed by atoms with Crippen LogP contribution in [0.3, 0.4) is 0 Å². The minimum absolute atomic E-state index is 0.0986. The van der Waals surface area contributed by atoms with Gasteiger partial charge in [-0.2, -0.15) is 0 Å². The first kappa shape index (κ1) is 23.1. The van der Waals surface area contributed by atoms with Crippen molar-refractivity contribution in [3.05, 3.63) is 46.7 Å². The second-order valence-electron chi connectivity index (χ2n) is 7.20. The summed E-state index contributed by atoms with van der Waals surface area (Å²) in [4.78, 5) is 22.0. The average Bonchev–Trinajstić information content (AvgIpc) is 3.39. The van der Waals surface area contributed by atoms with Crippen molar-refractivity contribution in [3.63, 3.8) is 0 Å². The molecule has 0 unspecified atom stereocenters. The lowest BCUT2D eigenvalue weighted by molar-refractivity contribution is 0.0936. The van der Waals surface area contributed by atoms with E-state index in [9.17, 15) is 4.79 Å². The van der Waals surface area contributed by atoms with Gasteiger partial charge in [-0.3, -0.25) is 9.78 Å². The number of pyridine rings is 1. The molecule has 8 heteroatoms. The predicted molar refractivity (Wildman–Crippen MR) is 124 cm³/mol. The maximum absolute atomic E-state index is 12.7. The molecule has 7 nitrogen and oxygen atoms in total. The minimum atomic E-state index is -0.0986. The van der Waals surface area contributed by atoms with Crippen LogP contribution < -0.4 is 5.32 Å². The highest BCUT2D eigenvalue weighted by molar-refractivity contribution is 7.13. The second kappa shape index (κ2) is 11.2. The van der Waals surface area contributed by atoms with Crippen LogP contribution in [0.5, 0.6) is 0 Å². The number of amides is 1. The van der Waals surface area contributed by atoms with Gasteiger partial charge in [-0.15, -0.1) is 11.3 Å². The van der Waals surface area contributed by atoms with Crippen molar-refractivity contribution in [2.75, 3.05) is 34.0 Å². The molecule has 0 atom stereocenters. The normalized spacial score (nSPS) is 11.1. The topological polar surface area (TPSA) is 78.3 Å². The fraction of sp³-hybridized carbons (Fsp3) is 0.435. The third-order valence-corrected chi connectivity index (χ3v) is 6.02. The van der Waals surface area contributed by atoms with Gasteiger partial charge in [-0.05, 0) is 38.0 Å². The SMILES string of the molecule is CCc1cc(-c2nc(-c3cc(C(=O)NCCOC)c(C)n3CCCOC)cs2)ccn1. The molecule has 1 N–H and O–H groups in total. The lowest BCUT2D eigenvalue weighted by Gasteiger charge is -2.11. The van der Waals surface area contributed by atoms with Crippen LogP contribution in [0.15, 0.2) is 29.8 Å². The molecule has 166 valence electrons. The van der Waals surface area contributed by atoms with Crippen molar-refractivity contribution in [3.8, 4) is 22.0 Å².